The molecule has 0 amide bonds. The number of halogens is 1. The summed E-state index contributed by atoms with van der Waals surface area (Å²) in [5.74, 6) is 0.276. The van der Waals surface area contributed by atoms with Gasteiger partial charge in [0.1, 0.15) is 18.2 Å². The molecule has 0 N–H and O–H groups in total. The first-order valence-electron chi connectivity index (χ1n) is 10.3. The van der Waals surface area contributed by atoms with Crippen molar-refractivity contribution in [3.05, 3.63) is 101 Å². The lowest BCUT2D eigenvalue weighted by Gasteiger charge is -2.14. The monoisotopic (exact) mass is 429 g/mol. The summed E-state index contributed by atoms with van der Waals surface area (Å²) in [4.78, 5) is 19.8. The molecule has 2 aromatic carbocycles. The predicted molar refractivity (Wildman–Crippen MR) is 125 cm³/mol. The molecular formula is C26H24FN3O2. The van der Waals surface area contributed by atoms with E-state index < -0.39 is 5.82 Å². The van der Waals surface area contributed by atoms with Crippen molar-refractivity contribution in [1.82, 2.24) is 14.5 Å². The van der Waals surface area contributed by atoms with Crippen LogP contribution < -0.4 is 10.3 Å². The Morgan fingerprint density at radius 2 is 1.72 bits per heavy atom. The summed E-state index contributed by atoms with van der Waals surface area (Å²) in [5.41, 5.74) is 2.30. The summed E-state index contributed by atoms with van der Waals surface area (Å²) in [5, 5.41) is 0. The minimum Gasteiger partial charge on any atom is -0.492 e. The zero-order chi connectivity index (χ0) is 22.5. The smallest absolute Gasteiger partial charge is 0.263 e. The Morgan fingerprint density at radius 3 is 2.41 bits per heavy atom. The van der Waals surface area contributed by atoms with Gasteiger partial charge in [-0.2, -0.15) is 0 Å². The SMILES string of the molecule is CN(C)CCOc1ccc(-n2cc(-c3ccccn3)cc(-c3ccccc3F)c2=O)cc1. The van der Waals surface area contributed by atoms with E-state index in [-0.39, 0.29) is 16.7 Å². The number of hydrogen-bond donors (Lipinski definition) is 0. The van der Waals surface area contributed by atoms with Gasteiger partial charge in [0, 0.05) is 35.8 Å². The number of hydrogen-bond acceptors (Lipinski definition) is 4. The van der Waals surface area contributed by atoms with Crippen LogP contribution in [-0.2, 0) is 0 Å². The van der Waals surface area contributed by atoms with Crippen LogP contribution in [0.15, 0.2) is 90.0 Å². The van der Waals surface area contributed by atoms with Gasteiger partial charge in [0.05, 0.1) is 11.3 Å². The topological polar surface area (TPSA) is 47.4 Å². The molecule has 162 valence electrons. The summed E-state index contributed by atoms with van der Waals surface area (Å²) in [6.07, 6.45) is 3.42. The number of ether oxygens (including phenoxy) is 1. The van der Waals surface area contributed by atoms with Gasteiger partial charge >= 0.3 is 0 Å². The molecule has 4 rings (SSSR count). The maximum Gasteiger partial charge on any atom is 0.263 e. The van der Waals surface area contributed by atoms with Crippen LogP contribution in [0.2, 0.25) is 0 Å². The first-order valence-corrected chi connectivity index (χ1v) is 10.3. The molecule has 0 atom stereocenters. The van der Waals surface area contributed by atoms with Gasteiger partial charge < -0.3 is 9.64 Å². The van der Waals surface area contributed by atoms with Crippen molar-refractivity contribution in [1.29, 1.82) is 0 Å². The quantitative estimate of drug-likeness (QED) is 0.429. The Balaban J connectivity index is 1.79. The molecule has 0 radical (unpaired) electrons. The third kappa shape index (κ3) is 4.76. The van der Waals surface area contributed by atoms with Gasteiger partial charge in [-0.05, 0) is 62.6 Å². The number of benzene rings is 2. The van der Waals surface area contributed by atoms with E-state index in [1.54, 1.807) is 36.7 Å². The Hall–Kier alpha value is -3.77. The molecule has 0 spiro atoms. The highest BCUT2D eigenvalue weighted by molar-refractivity contribution is 5.71. The van der Waals surface area contributed by atoms with Crippen LogP contribution in [0, 0.1) is 5.82 Å². The van der Waals surface area contributed by atoms with Crippen LogP contribution in [0.25, 0.3) is 28.1 Å². The number of likely N-dealkylation sites (N-methyl/N-ethyl adjacent to an activating group) is 1. The average molecular weight is 429 g/mol. The van der Waals surface area contributed by atoms with Gasteiger partial charge in [-0.25, -0.2) is 4.39 Å². The second-order valence-corrected chi connectivity index (χ2v) is 7.66. The van der Waals surface area contributed by atoms with Gasteiger partial charge in [-0.3, -0.25) is 14.3 Å². The Labute approximate surface area is 186 Å². The average Bonchev–Trinajstić information content (AvgIpc) is 2.81. The van der Waals surface area contributed by atoms with Gasteiger partial charge in [0.25, 0.3) is 5.56 Å². The summed E-state index contributed by atoms with van der Waals surface area (Å²) in [6.45, 7) is 1.37. The van der Waals surface area contributed by atoms with E-state index in [1.807, 2.05) is 61.5 Å². The summed E-state index contributed by atoms with van der Waals surface area (Å²) >= 11 is 0. The zero-order valence-electron chi connectivity index (χ0n) is 18.0. The maximum atomic E-state index is 14.6. The first-order chi connectivity index (χ1) is 15.5. The van der Waals surface area contributed by atoms with E-state index in [0.717, 1.165) is 17.9 Å². The van der Waals surface area contributed by atoms with E-state index in [1.165, 1.54) is 10.6 Å². The van der Waals surface area contributed by atoms with E-state index in [4.69, 9.17) is 4.74 Å². The highest BCUT2D eigenvalue weighted by Gasteiger charge is 2.15. The van der Waals surface area contributed by atoms with Crippen LogP contribution in [0.4, 0.5) is 4.39 Å². The highest BCUT2D eigenvalue weighted by Crippen LogP contribution is 2.26. The second-order valence-electron chi connectivity index (χ2n) is 7.66. The largest absolute Gasteiger partial charge is 0.492 e. The number of rotatable bonds is 7. The molecule has 0 aliphatic carbocycles. The number of nitrogens with zero attached hydrogens (tertiary/aromatic N) is 3. The number of pyridine rings is 2. The molecule has 5 nitrogen and oxygen atoms in total. The fraction of sp³-hybridized carbons (Fsp3) is 0.154. The molecule has 4 aromatic rings. The molecule has 6 heteroatoms. The van der Waals surface area contributed by atoms with E-state index >= 15 is 0 Å². The molecule has 0 aliphatic rings. The normalized spacial score (nSPS) is 11.0. The van der Waals surface area contributed by atoms with Gasteiger partial charge in [-0.1, -0.05) is 24.3 Å². The van der Waals surface area contributed by atoms with Crippen LogP contribution in [0.1, 0.15) is 0 Å². The van der Waals surface area contributed by atoms with Crippen LogP contribution in [-0.4, -0.2) is 41.7 Å². The fourth-order valence-corrected chi connectivity index (χ4v) is 3.37. The Kier molecular flexibility index (Phi) is 6.42. The maximum absolute atomic E-state index is 14.6. The van der Waals surface area contributed by atoms with Crippen LogP contribution >= 0.6 is 0 Å². The van der Waals surface area contributed by atoms with Crippen LogP contribution in [0.5, 0.6) is 5.75 Å². The van der Waals surface area contributed by atoms with E-state index in [0.29, 0.717) is 18.0 Å². The lowest BCUT2D eigenvalue weighted by atomic mass is 10.0. The molecule has 32 heavy (non-hydrogen) atoms. The van der Waals surface area contributed by atoms with E-state index in [2.05, 4.69) is 4.98 Å². The summed E-state index contributed by atoms with van der Waals surface area (Å²) in [7, 11) is 3.97. The summed E-state index contributed by atoms with van der Waals surface area (Å²) < 4.78 is 21.8. The third-order valence-electron chi connectivity index (χ3n) is 5.06. The van der Waals surface area contributed by atoms with Gasteiger partial charge in [-0.15, -0.1) is 0 Å². The third-order valence-corrected chi connectivity index (χ3v) is 5.06. The Bertz CT molecular complexity index is 1250. The van der Waals surface area contributed by atoms with Crippen molar-refractivity contribution in [2.45, 2.75) is 0 Å². The van der Waals surface area contributed by atoms with Crippen molar-refractivity contribution in [2.24, 2.45) is 0 Å². The lowest BCUT2D eigenvalue weighted by molar-refractivity contribution is 0.261. The molecular weight excluding hydrogens is 405 g/mol. The van der Waals surface area contributed by atoms with Crippen molar-refractivity contribution in [3.8, 4) is 33.8 Å². The molecule has 0 bridgehead atoms. The Morgan fingerprint density at radius 1 is 0.969 bits per heavy atom. The van der Waals surface area contributed by atoms with Crippen molar-refractivity contribution < 1.29 is 9.13 Å². The molecule has 0 fully saturated rings. The summed E-state index contributed by atoms with van der Waals surface area (Å²) in [6, 6.07) is 20.8. The standard InChI is InChI=1S/C26H24FN3O2/c1-29(2)15-16-32-21-12-10-20(11-13-21)30-18-19(25-9-5-6-14-28-25)17-23(26(30)31)22-7-3-4-8-24(22)27/h3-14,17-18H,15-16H2,1-2H3. The lowest BCUT2D eigenvalue weighted by Crippen LogP contribution is -2.20. The number of aromatic nitrogens is 2. The molecule has 0 saturated carbocycles. The molecule has 0 aliphatic heterocycles. The minimum absolute atomic E-state index is 0.257. The molecule has 0 unspecified atom stereocenters. The molecule has 0 saturated heterocycles. The van der Waals surface area contributed by atoms with E-state index in [9.17, 15) is 9.18 Å². The van der Waals surface area contributed by atoms with Crippen molar-refractivity contribution >= 4 is 0 Å². The molecule has 2 heterocycles. The van der Waals surface area contributed by atoms with Crippen LogP contribution in [0.3, 0.4) is 0 Å². The minimum atomic E-state index is -0.445. The van der Waals surface area contributed by atoms with Crippen molar-refractivity contribution in [2.75, 3.05) is 27.2 Å². The highest BCUT2D eigenvalue weighted by atomic mass is 19.1. The van der Waals surface area contributed by atoms with Gasteiger partial charge in [0.15, 0.2) is 0 Å². The first kappa shape index (κ1) is 21.5. The van der Waals surface area contributed by atoms with Gasteiger partial charge in [0.2, 0.25) is 0 Å². The zero-order valence-corrected chi connectivity index (χ0v) is 18.0. The fourth-order valence-electron chi connectivity index (χ4n) is 3.37. The second kappa shape index (κ2) is 9.58. The predicted octanol–water partition coefficient (Wildman–Crippen LogP) is 4.65. The molecule has 2 aromatic heterocycles. The van der Waals surface area contributed by atoms with Crippen molar-refractivity contribution in [3.63, 3.8) is 0 Å².